The van der Waals surface area contributed by atoms with E-state index in [0.29, 0.717) is 5.92 Å². The molecule has 5 atom stereocenters. The SMILES string of the molecule is CC(NC(=O)C(C)n1cc([N+](=O)[O-])cn1)C1CC2CCC1C2. The summed E-state index contributed by atoms with van der Waals surface area (Å²) in [7, 11) is 0. The number of carbonyl (C=O) groups is 1. The summed E-state index contributed by atoms with van der Waals surface area (Å²) < 4.78 is 1.35. The van der Waals surface area contributed by atoms with Crippen LogP contribution in [0.3, 0.4) is 0 Å². The first-order chi connectivity index (χ1) is 10.5. The van der Waals surface area contributed by atoms with Crippen molar-refractivity contribution in [2.24, 2.45) is 17.8 Å². The van der Waals surface area contributed by atoms with Crippen LogP contribution in [-0.2, 0) is 4.79 Å². The van der Waals surface area contributed by atoms with Crippen molar-refractivity contribution in [2.75, 3.05) is 0 Å². The second-order valence-corrected chi connectivity index (χ2v) is 6.75. The first kappa shape index (κ1) is 15.0. The van der Waals surface area contributed by atoms with Gasteiger partial charge in [-0.2, -0.15) is 5.10 Å². The van der Waals surface area contributed by atoms with E-state index in [1.54, 1.807) is 6.92 Å². The number of nitrogens with zero attached hydrogens (tertiary/aromatic N) is 3. The minimum atomic E-state index is -0.547. The summed E-state index contributed by atoms with van der Waals surface area (Å²) in [6.45, 7) is 3.78. The number of hydrogen-bond donors (Lipinski definition) is 1. The van der Waals surface area contributed by atoms with E-state index in [1.165, 1.54) is 42.8 Å². The molecule has 1 N–H and O–H groups in total. The van der Waals surface area contributed by atoms with Gasteiger partial charge >= 0.3 is 5.69 Å². The molecule has 1 heterocycles. The Kier molecular flexibility index (Phi) is 3.88. The maximum atomic E-state index is 12.4. The van der Waals surface area contributed by atoms with Gasteiger partial charge in [-0.25, -0.2) is 0 Å². The maximum Gasteiger partial charge on any atom is 0.307 e. The van der Waals surface area contributed by atoms with Crippen LogP contribution in [0.15, 0.2) is 12.4 Å². The Morgan fingerprint density at radius 3 is 2.77 bits per heavy atom. The van der Waals surface area contributed by atoms with Gasteiger partial charge in [0, 0.05) is 6.04 Å². The molecule has 0 aromatic carbocycles. The molecule has 7 heteroatoms. The molecule has 2 bridgehead atoms. The van der Waals surface area contributed by atoms with Crippen LogP contribution >= 0.6 is 0 Å². The van der Waals surface area contributed by atoms with E-state index in [2.05, 4.69) is 17.3 Å². The zero-order valence-corrected chi connectivity index (χ0v) is 12.9. The molecule has 0 aliphatic heterocycles. The molecule has 1 amide bonds. The highest BCUT2D eigenvalue weighted by atomic mass is 16.6. The maximum absolute atomic E-state index is 12.4. The molecule has 2 aliphatic rings. The summed E-state index contributed by atoms with van der Waals surface area (Å²) >= 11 is 0. The fraction of sp³-hybridized carbons (Fsp3) is 0.733. The number of aromatic nitrogens is 2. The Balaban J connectivity index is 1.59. The van der Waals surface area contributed by atoms with Gasteiger partial charge in [0.25, 0.3) is 0 Å². The molecule has 2 fully saturated rings. The predicted molar refractivity (Wildman–Crippen MR) is 80.1 cm³/mol. The number of fused-ring (bicyclic) bond motifs is 2. The Morgan fingerprint density at radius 2 is 2.23 bits per heavy atom. The zero-order chi connectivity index (χ0) is 15.9. The number of rotatable bonds is 5. The van der Waals surface area contributed by atoms with E-state index >= 15 is 0 Å². The minimum Gasteiger partial charge on any atom is -0.352 e. The minimum absolute atomic E-state index is 0.0965. The van der Waals surface area contributed by atoms with Crippen molar-refractivity contribution in [3.8, 4) is 0 Å². The zero-order valence-electron chi connectivity index (χ0n) is 12.9. The highest BCUT2D eigenvalue weighted by molar-refractivity contribution is 5.80. The summed E-state index contributed by atoms with van der Waals surface area (Å²) in [5.41, 5.74) is -0.0965. The van der Waals surface area contributed by atoms with E-state index in [9.17, 15) is 14.9 Å². The molecule has 0 spiro atoms. The lowest BCUT2D eigenvalue weighted by Crippen LogP contribution is -2.43. The average Bonchev–Trinajstić information content (AvgIpc) is 3.21. The number of nitro groups is 1. The van der Waals surface area contributed by atoms with Gasteiger partial charge in [0.05, 0.1) is 4.92 Å². The number of amides is 1. The van der Waals surface area contributed by atoms with Gasteiger partial charge in [0.1, 0.15) is 18.4 Å². The second-order valence-electron chi connectivity index (χ2n) is 6.75. The number of hydrogen-bond acceptors (Lipinski definition) is 4. The Bertz CT molecular complexity index is 585. The van der Waals surface area contributed by atoms with Crippen LogP contribution in [-0.4, -0.2) is 26.7 Å². The predicted octanol–water partition coefficient (Wildman–Crippen LogP) is 2.29. The van der Waals surface area contributed by atoms with Crippen LogP contribution in [0.2, 0.25) is 0 Å². The standard InChI is InChI=1S/C15H22N4O3/c1-9(14-6-11-3-4-12(14)5-11)17-15(20)10(2)18-8-13(7-16-18)19(21)22/h7-12,14H,3-6H2,1-2H3,(H,17,20). The van der Waals surface area contributed by atoms with Crippen molar-refractivity contribution in [3.05, 3.63) is 22.5 Å². The van der Waals surface area contributed by atoms with Crippen molar-refractivity contribution in [1.29, 1.82) is 0 Å². The van der Waals surface area contributed by atoms with Crippen LogP contribution in [0.1, 0.15) is 45.6 Å². The molecule has 22 heavy (non-hydrogen) atoms. The van der Waals surface area contributed by atoms with E-state index in [4.69, 9.17) is 0 Å². The molecule has 2 aliphatic carbocycles. The van der Waals surface area contributed by atoms with Crippen molar-refractivity contribution in [1.82, 2.24) is 15.1 Å². The molecule has 120 valence electrons. The summed E-state index contributed by atoms with van der Waals surface area (Å²) in [4.78, 5) is 22.5. The van der Waals surface area contributed by atoms with E-state index in [0.717, 1.165) is 11.8 Å². The van der Waals surface area contributed by atoms with Crippen LogP contribution in [0, 0.1) is 27.9 Å². The van der Waals surface area contributed by atoms with E-state index in [-0.39, 0.29) is 17.6 Å². The van der Waals surface area contributed by atoms with Crippen LogP contribution in [0.25, 0.3) is 0 Å². The van der Waals surface area contributed by atoms with Crippen LogP contribution in [0.4, 0.5) is 5.69 Å². The molecule has 2 saturated carbocycles. The van der Waals surface area contributed by atoms with Gasteiger partial charge in [0.2, 0.25) is 5.91 Å². The second kappa shape index (κ2) is 5.70. The van der Waals surface area contributed by atoms with Gasteiger partial charge in [-0.1, -0.05) is 6.42 Å². The highest BCUT2D eigenvalue weighted by Crippen LogP contribution is 2.49. The third-order valence-electron chi connectivity index (χ3n) is 5.38. The smallest absolute Gasteiger partial charge is 0.307 e. The normalized spacial score (nSPS) is 29.3. The molecule has 0 saturated heterocycles. The molecule has 7 nitrogen and oxygen atoms in total. The van der Waals surface area contributed by atoms with Crippen LogP contribution < -0.4 is 5.32 Å². The Hall–Kier alpha value is -1.92. The molecular formula is C15H22N4O3. The molecule has 3 rings (SSSR count). The summed E-state index contributed by atoms with van der Waals surface area (Å²) in [5.74, 6) is 2.04. The van der Waals surface area contributed by atoms with Crippen molar-refractivity contribution < 1.29 is 9.72 Å². The van der Waals surface area contributed by atoms with Crippen molar-refractivity contribution in [2.45, 2.75) is 51.6 Å². The first-order valence-electron chi connectivity index (χ1n) is 7.94. The quantitative estimate of drug-likeness (QED) is 0.667. The molecule has 0 radical (unpaired) electrons. The van der Waals surface area contributed by atoms with Gasteiger partial charge in [-0.05, 0) is 50.9 Å². The topological polar surface area (TPSA) is 90.1 Å². The van der Waals surface area contributed by atoms with Crippen molar-refractivity contribution >= 4 is 11.6 Å². The van der Waals surface area contributed by atoms with Gasteiger partial charge in [-0.3, -0.25) is 19.6 Å². The largest absolute Gasteiger partial charge is 0.352 e. The van der Waals surface area contributed by atoms with E-state index in [1.807, 2.05) is 0 Å². The Labute approximate surface area is 129 Å². The highest BCUT2D eigenvalue weighted by Gasteiger charge is 2.42. The average molecular weight is 306 g/mol. The third kappa shape index (κ3) is 2.71. The first-order valence-corrected chi connectivity index (χ1v) is 7.94. The summed E-state index contributed by atoms with van der Waals surface area (Å²) in [5, 5.41) is 17.7. The molecule has 1 aromatic heterocycles. The number of nitrogens with one attached hydrogen (secondary N) is 1. The fourth-order valence-electron chi connectivity index (χ4n) is 4.11. The molecule has 5 unspecified atom stereocenters. The van der Waals surface area contributed by atoms with Gasteiger partial charge in [0.15, 0.2) is 0 Å². The lowest BCUT2D eigenvalue weighted by Gasteiger charge is -2.29. The summed E-state index contributed by atoms with van der Waals surface area (Å²) in [6, 6.07) is -0.398. The fourth-order valence-corrected chi connectivity index (χ4v) is 4.11. The van der Waals surface area contributed by atoms with Gasteiger partial charge < -0.3 is 5.32 Å². The molecular weight excluding hydrogens is 284 g/mol. The lowest BCUT2D eigenvalue weighted by atomic mass is 9.84. The number of carbonyl (C=O) groups excluding carboxylic acids is 1. The van der Waals surface area contributed by atoms with Crippen molar-refractivity contribution in [3.63, 3.8) is 0 Å². The third-order valence-corrected chi connectivity index (χ3v) is 5.38. The monoisotopic (exact) mass is 306 g/mol. The summed E-state index contributed by atoms with van der Waals surface area (Å²) in [6.07, 6.45) is 7.63. The molecule has 1 aromatic rings. The van der Waals surface area contributed by atoms with E-state index < -0.39 is 11.0 Å². The van der Waals surface area contributed by atoms with Gasteiger partial charge in [-0.15, -0.1) is 0 Å². The Morgan fingerprint density at radius 1 is 1.45 bits per heavy atom. The van der Waals surface area contributed by atoms with Crippen LogP contribution in [0.5, 0.6) is 0 Å². The lowest BCUT2D eigenvalue weighted by molar-refractivity contribution is -0.385.